The lowest BCUT2D eigenvalue weighted by Crippen LogP contribution is -2.40. The molecule has 10 nitrogen and oxygen atoms in total. The van der Waals surface area contributed by atoms with Crippen molar-refractivity contribution in [3.8, 4) is 39.7 Å². The number of ether oxygens (including phenoxy) is 1. The third kappa shape index (κ3) is 6.83. The molecule has 2 fully saturated rings. The van der Waals surface area contributed by atoms with Crippen LogP contribution in [0.2, 0.25) is 5.02 Å². The van der Waals surface area contributed by atoms with E-state index < -0.39 is 5.82 Å². The fourth-order valence-electron chi connectivity index (χ4n) is 7.34. The Morgan fingerprint density at radius 1 is 0.902 bits per heavy atom. The van der Waals surface area contributed by atoms with Crippen molar-refractivity contribution >= 4 is 28.5 Å². The van der Waals surface area contributed by atoms with Crippen molar-refractivity contribution in [1.29, 1.82) is 0 Å². The highest BCUT2D eigenvalue weighted by molar-refractivity contribution is 6.31. The van der Waals surface area contributed by atoms with Gasteiger partial charge in [-0.05, 0) is 114 Å². The summed E-state index contributed by atoms with van der Waals surface area (Å²) in [6, 6.07) is 24.5. The van der Waals surface area contributed by atoms with E-state index in [-0.39, 0.29) is 23.6 Å². The third-order valence-electron chi connectivity index (χ3n) is 10.1. The first-order valence-corrected chi connectivity index (χ1v) is 17.8. The summed E-state index contributed by atoms with van der Waals surface area (Å²) in [4.78, 5) is 20.3. The largest absolute Gasteiger partial charge is 0.489 e. The second-order valence-electron chi connectivity index (χ2n) is 13.4. The van der Waals surface area contributed by atoms with E-state index in [2.05, 4.69) is 31.3 Å². The predicted octanol–water partition coefficient (Wildman–Crippen LogP) is 8.02. The van der Waals surface area contributed by atoms with Gasteiger partial charge >= 0.3 is 0 Å². The van der Waals surface area contributed by atoms with E-state index in [1.165, 1.54) is 25.3 Å². The first-order valence-electron chi connectivity index (χ1n) is 17.5. The topological polar surface area (TPSA) is 122 Å². The van der Waals surface area contributed by atoms with Gasteiger partial charge in [0.2, 0.25) is 5.82 Å². The number of likely N-dealkylation sites (tertiary alicyclic amines) is 1. The van der Waals surface area contributed by atoms with Crippen LogP contribution in [0, 0.1) is 5.82 Å². The van der Waals surface area contributed by atoms with Crippen LogP contribution in [0.5, 0.6) is 5.75 Å². The molecular weight excluding hydrogens is 669 g/mol. The summed E-state index contributed by atoms with van der Waals surface area (Å²) in [5.41, 5.74) is 6.59. The Bertz CT molecular complexity index is 2170. The van der Waals surface area contributed by atoms with Gasteiger partial charge in [-0.15, -0.1) is 10.2 Å². The molecule has 3 heterocycles. The van der Waals surface area contributed by atoms with E-state index in [1.54, 1.807) is 23.1 Å². The summed E-state index contributed by atoms with van der Waals surface area (Å²) in [6.45, 7) is 1.17. The molecule has 2 aliphatic rings. The van der Waals surface area contributed by atoms with Crippen LogP contribution in [0.3, 0.4) is 0 Å². The highest BCUT2D eigenvalue weighted by atomic mass is 35.5. The molecule has 1 saturated heterocycles. The molecule has 2 aromatic heterocycles. The average molecular weight is 706 g/mol. The molecule has 0 spiro atoms. The SMILES string of the molecule is O=C(c1ccc(-c2ccc(F)c(Cl)c2)c(COc2ccc(-c3nc4cc(-c5nn[nH]n5)ccc4n3C3CCCCC3)cc2)c1)N1CCC(O)CC1. The predicted molar refractivity (Wildman–Crippen MR) is 193 cm³/mol. The van der Waals surface area contributed by atoms with E-state index in [0.29, 0.717) is 49.1 Å². The molecule has 1 amide bonds. The van der Waals surface area contributed by atoms with Crippen LogP contribution in [-0.2, 0) is 6.61 Å². The summed E-state index contributed by atoms with van der Waals surface area (Å²) in [6.07, 6.45) is 6.59. The van der Waals surface area contributed by atoms with Gasteiger partial charge < -0.3 is 19.3 Å². The Hall–Kier alpha value is -5.13. The molecule has 0 unspecified atom stereocenters. The standard InChI is InChI=1S/C39H37ClFN7O3/c40-33-21-25(9-14-34(33)41)32-13-8-27(39(50)47-18-16-30(49)17-19-47)20-28(32)23-51-31-11-6-24(7-12-31)38-42-35-22-26(37-43-45-46-44-37)10-15-36(35)48(38)29-4-2-1-3-5-29/h6-15,20-22,29-30,49H,1-5,16-19,23H2,(H,43,44,45,46). The number of fused-ring (bicyclic) bond motifs is 1. The molecule has 4 aromatic carbocycles. The highest BCUT2D eigenvalue weighted by Crippen LogP contribution is 2.37. The average Bonchev–Trinajstić information content (AvgIpc) is 3.84. The van der Waals surface area contributed by atoms with Crippen LogP contribution in [0.1, 0.15) is 66.9 Å². The number of nitrogens with one attached hydrogen (secondary N) is 1. The van der Waals surface area contributed by atoms with Gasteiger partial charge in [-0.3, -0.25) is 4.79 Å². The summed E-state index contributed by atoms with van der Waals surface area (Å²) < 4.78 is 22.8. The van der Waals surface area contributed by atoms with Crippen molar-refractivity contribution in [2.45, 2.75) is 63.7 Å². The lowest BCUT2D eigenvalue weighted by Gasteiger charge is -2.29. The maximum absolute atomic E-state index is 14.1. The van der Waals surface area contributed by atoms with Crippen molar-refractivity contribution in [2.75, 3.05) is 13.1 Å². The van der Waals surface area contributed by atoms with Crippen LogP contribution in [0.15, 0.2) is 78.9 Å². The van der Waals surface area contributed by atoms with Gasteiger partial charge in [0.15, 0.2) is 0 Å². The summed E-state index contributed by atoms with van der Waals surface area (Å²) >= 11 is 6.16. The normalized spacial score (nSPS) is 15.8. The first-order chi connectivity index (χ1) is 24.9. The second-order valence-corrected chi connectivity index (χ2v) is 13.8. The molecule has 2 N–H and O–H groups in total. The number of aromatic nitrogens is 6. The highest BCUT2D eigenvalue weighted by Gasteiger charge is 2.25. The lowest BCUT2D eigenvalue weighted by molar-refractivity contribution is 0.0546. The summed E-state index contributed by atoms with van der Waals surface area (Å²) in [7, 11) is 0. The molecule has 51 heavy (non-hydrogen) atoms. The molecule has 6 aromatic rings. The zero-order valence-electron chi connectivity index (χ0n) is 27.9. The fraction of sp³-hybridized carbons (Fsp3) is 0.308. The second kappa shape index (κ2) is 14.2. The van der Waals surface area contributed by atoms with Crippen molar-refractivity contribution in [3.63, 3.8) is 0 Å². The maximum atomic E-state index is 14.1. The van der Waals surface area contributed by atoms with Crippen molar-refractivity contribution in [3.05, 3.63) is 101 Å². The Morgan fingerprint density at radius 3 is 2.41 bits per heavy atom. The molecule has 0 atom stereocenters. The number of nitrogens with zero attached hydrogens (tertiary/aromatic N) is 6. The number of rotatable bonds is 8. The Morgan fingerprint density at radius 2 is 1.67 bits per heavy atom. The minimum absolute atomic E-state index is 0.0206. The zero-order valence-corrected chi connectivity index (χ0v) is 28.7. The summed E-state index contributed by atoms with van der Waals surface area (Å²) in [5.74, 6) is 1.49. The van der Waals surface area contributed by atoms with Crippen LogP contribution in [0.25, 0.3) is 44.9 Å². The molecule has 12 heteroatoms. The van der Waals surface area contributed by atoms with Gasteiger partial charge in [-0.1, -0.05) is 43.0 Å². The number of aromatic amines is 1. The number of imidazole rings is 1. The maximum Gasteiger partial charge on any atom is 0.253 e. The van der Waals surface area contributed by atoms with E-state index in [4.69, 9.17) is 21.3 Å². The smallest absolute Gasteiger partial charge is 0.253 e. The van der Waals surface area contributed by atoms with Crippen LogP contribution in [-0.4, -0.2) is 65.3 Å². The molecule has 1 saturated carbocycles. The Kier molecular flexibility index (Phi) is 9.23. The number of hydrogen-bond donors (Lipinski definition) is 2. The molecular formula is C39H37ClFN7O3. The molecule has 1 aliphatic carbocycles. The monoisotopic (exact) mass is 705 g/mol. The molecule has 8 rings (SSSR count). The lowest BCUT2D eigenvalue weighted by atomic mass is 9.94. The van der Waals surface area contributed by atoms with E-state index >= 15 is 0 Å². The number of piperidine rings is 1. The van der Waals surface area contributed by atoms with Crippen molar-refractivity contribution in [2.24, 2.45) is 0 Å². The van der Waals surface area contributed by atoms with E-state index in [9.17, 15) is 14.3 Å². The number of carbonyl (C=O) groups is 1. The number of hydrogen-bond acceptors (Lipinski definition) is 7. The molecule has 1 aliphatic heterocycles. The van der Waals surface area contributed by atoms with Crippen molar-refractivity contribution in [1.82, 2.24) is 35.1 Å². The Balaban J connectivity index is 1.08. The Labute approximate surface area is 299 Å². The minimum Gasteiger partial charge on any atom is -0.489 e. The number of aliphatic hydroxyl groups is 1. The molecule has 0 radical (unpaired) electrons. The van der Waals surface area contributed by atoms with Gasteiger partial charge in [0.05, 0.1) is 22.2 Å². The number of carbonyl (C=O) groups excluding carboxylic acids is 1. The fourth-order valence-corrected chi connectivity index (χ4v) is 7.52. The number of aliphatic hydroxyl groups excluding tert-OH is 1. The summed E-state index contributed by atoms with van der Waals surface area (Å²) in [5, 5.41) is 24.5. The zero-order chi connectivity index (χ0) is 34.9. The van der Waals surface area contributed by atoms with Gasteiger partial charge in [-0.2, -0.15) is 5.21 Å². The van der Waals surface area contributed by atoms with Crippen LogP contribution >= 0.6 is 11.6 Å². The van der Waals surface area contributed by atoms with Crippen LogP contribution in [0.4, 0.5) is 4.39 Å². The number of amides is 1. The number of tetrazole rings is 1. The molecule has 260 valence electrons. The van der Waals surface area contributed by atoms with Gasteiger partial charge in [0, 0.05) is 35.8 Å². The van der Waals surface area contributed by atoms with Crippen molar-refractivity contribution < 1.29 is 19.0 Å². The number of H-pyrrole nitrogens is 1. The van der Waals surface area contributed by atoms with Crippen LogP contribution < -0.4 is 4.74 Å². The van der Waals surface area contributed by atoms with Gasteiger partial charge in [0.25, 0.3) is 5.91 Å². The molecule has 0 bridgehead atoms. The first kappa shape index (κ1) is 33.0. The van der Waals surface area contributed by atoms with Gasteiger partial charge in [-0.25, -0.2) is 9.37 Å². The van der Waals surface area contributed by atoms with E-state index in [0.717, 1.165) is 57.5 Å². The quantitative estimate of drug-likeness (QED) is 0.164. The number of benzene rings is 4. The third-order valence-corrected chi connectivity index (χ3v) is 10.4. The van der Waals surface area contributed by atoms with Gasteiger partial charge in [0.1, 0.15) is 24.0 Å². The minimum atomic E-state index is -0.498. The van der Waals surface area contributed by atoms with E-state index in [1.807, 2.05) is 48.5 Å². The number of halogens is 2.